The lowest BCUT2D eigenvalue weighted by molar-refractivity contribution is -0.138. The first kappa shape index (κ1) is 15.8. The number of carboxylic acid groups (broad SMARTS) is 1. The average molecular weight is 355 g/mol. The fraction of sp³-hybridized carbons (Fsp3) is 0.467. The van der Waals surface area contributed by atoms with Gasteiger partial charge in [0.25, 0.3) is 0 Å². The van der Waals surface area contributed by atoms with E-state index in [0.717, 1.165) is 29.3 Å². The third kappa shape index (κ3) is 4.74. The summed E-state index contributed by atoms with van der Waals surface area (Å²) in [6, 6.07) is 7.36. The van der Waals surface area contributed by atoms with E-state index >= 15 is 0 Å². The second-order valence-corrected chi connectivity index (χ2v) is 6.14. The van der Waals surface area contributed by atoms with Crippen molar-refractivity contribution in [3.05, 3.63) is 34.3 Å². The zero-order valence-electron chi connectivity index (χ0n) is 11.7. The van der Waals surface area contributed by atoms with Crippen LogP contribution in [0.5, 0.6) is 0 Å². The summed E-state index contributed by atoms with van der Waals surface area (Å²) in [7, 11) is 0. The van der Waals surface area contributed by atoms with E-state index in [1.54, 1.807) is 4.90 Å². The first-order valence-corrected chi connectivity index (χ1v) is 7.86. The van der Waals surface area contributed by atoms with Crippen molar-refractivity contribution >= 4 is 27.9 Å². The Labute approximate surface area is 132 Å². The van der Waals surface area contributed by atoms with Gasteiger partial charge in [-0.15, -0.1) is 0 Å². The van der Waals surface area contributed by atoms with E-state index in [1.807, 2.05) is 24.3 Å². The third-order valence-corrected chi connectivity index (χ3v) is 4.18. The van der Waals surface area contributed by atoms with E-state index in [1.165, 1.54) is 0 Å². The topological polar surface area (TPSA) is 69.6 Å². The molecule has 1 aliphatic rings. The van der Waals surface area contributed by atoms with Crippen molar-refractivity contribution in [1.29, 1.82) is 0 Å². The molecule has 2 amide bonds. The predicted molar refractivity (Wildman–Crippen MR) is 83.0 cm³/mol. The zero-order valence-corrected chi connectivity index (χ0v) is 13.3. The summed E-state index contributed by atoms with van der Waals surface area (Å²) in [5, 5.41) is 11.8. The Hall–Kier alpha value is -1.56. The van der Waals surface area contributed by atoms with E-state index < -0.39 is 5.97 Å². The highest BCUT2D eigenvalue weighted by Gasteiger charge is 2.28. The van der Waals surface area contributed by atoms with Gasteiger partial charge in [-0.1, -0.05) is 28.1 Å². The Balaban J connectivity index is 1.91. The molecule has 0 bridgehead atoms. The van der Waals surface area contributed by atoms with Crippen LogP contribution in [0, 0.1) is 0 Å². The van der Waals surface area contributed by atoms with E-state index in [9.17, 15) is 9.59 Å². The molecular formula is C15H19BrN2O3. The summed E-state index contributed by atoms with van der Waals surface area (Å²) < 4.78 is 0.995. The minimum Gasteiger partial charge on any atom is -0.481 e. The molecule has 0 spiro atoms. The predicted octanol–water partition coefficient (Wildman–Crippen LogP) is 2.99. The first-order valence-electron chi connectivity index (χ1n) is 7.07. The van der Waals surface area contributed by atoms with E-state index in [0.29, 0.717) is 13.1 Å². The molecule has 5 nitrogen and oxygen atoms in total. The van der Waals surface area contributed by atoms with E-state index in [2.05, 4.69) is 21.2 Å². The van der Waals surface area contributed by atoms with Crippen molar-refractivity contribution in [2.45, 2.75) is 38.3 Å². The van der Waals surface area contributed by atoms with E-state index in [-0.39, 0.29) is 18.5 Å². The SMILES string of the molecule is O=C(O)CC1CCCCN1C(=O)NCc1ccc(Br)cc1. The molecule has 0 radical (unpaired) electrons. The molecule has 0 aromatic heterocycles. The number of carboxylic acids is 1. The Morgan fingerprint density at radius 2 is 2.00 bits per heavy atom. The molecule has 21 heavy (non-hydrogen) atoms. The van der Waals surface area contributed by atoms with Crippen LogP contribution in [0.4, 0.5) is 4.79 Å². The molecule has 1 fully saturated rings. The lowest BCUT2D eigenvalue weighted by Gasteiger charge is -2.34. The number of amides is 2. The van der Waals surface area contributed by atoms with Crippen LogP contribution in [-0.4, -0.2) is 34.6 Å². The number of likely N-dealkylation sites (tertiary alicyclic amines) is 1. The number of nitrogens with zero attached hydrogens (tertiary/aromatic N) is 1. The quantitative estimate of drug-likeness (QED) is 0.872. The van der Waals surface area contributed by atoms with Gasteiger partial charge in [-0.25, -0.2) is 4.79 Å². The summed E-state index contributed by atoms with van der Waals surface area (Å²) in [6.45, 7) is 1.08. The van der Waals surface area contributed by atoms with Gasteiger partial charge in [0.05, 0.1) is 6.42 Å². The lowest BCUT2D eigenvalue weighted by Crippen LogP contribution is -2.49. The molecule has 1 unspecified atom stereocenters. The summed E-state index contributed by atoms with van der Waals surface area (Å²) in [5.41, 5.74) is 1.01. The summed E-state index contributed by atoms with van der Waals surface area (Å²) >= 11 is 3.37. The molecule has 2 N–H and O–H groups in total. The molecule has 1 aromatic rings. The van der Waals surface area contributed by atoms with Crippen molar-refractivity contribution in [3.63, 3.8) is 0 Å². The minimum absolute atomic E-state index is 0.0195. The maximum absolute atomic E-state index is 12.2. The molecule has 6 heteroatoms. The zero-order chi connectivity index (χ0) is 15.2. The molecule has 114 valence electrons. The number of piperidine rings is 1. The fourth-order valence-electron chi connectivity index (χ4n) is 2.56. The van der Waals surface area contributed by atoms with Gasteiger partial charge in [-0.3, -0.25) is 4.79 Å². The fourth-order valence-corrected chi connectivity index (χ4v) is 2.83. The number of carbonyl (C=O) groups is 2. The van der Waals surface area contributed by atoms with Gasteiger partial charge in [0, 0.05) is 23.6 Å². The number of rotatable bonds is 4. The highest BCUT2D eigenvalue weighted by atomic mass is 79.9. The van der Waals surface area contributed by atoms with Gasteiger partial charge in [0.2, 0.25) is 0 Å². The van der Waals surface area contributed by atoms with Gasteiger partial charge in [0.15, 0.2) is 0 Å². The molecule has 1 heterocycles. The highest BCUT2D eigenvalue weighted by molar-refractivity contribution is 9.10. The maximum Gasteiger partial charge on any atom is 0.317 e. The normalized spacial score (nSPS) is 18.3. The standard InChI is InChI=1S/C15H19BrN2O3/c16-12-6-4-11(5-7-12)10-17-15(21)18-8-2-1-3-13(18)9-14(19)20/h4-7,13H,1-3,8-10H2,(H,17,21)(H,19,20). The number of nitrogens with one attached hydrogen (secondary N) is 1. The number of hydrogen-bond acceptors (Lipinski definition) is 2. The molecule has 0 saturated carbocycles. The van der Waals surface area contributed by atoms with Crippen LogP contribution in [-0.2, 0) is 11.3 Å². The van der Waals surface area contributed by atoms with Gasteiger partial charge >= 0.3 is 12.0 Å². The Bertz CT molecular complexity index is 504. The first-order chi connectivity index (χ1) is 10.1. The highest BCUT2D eigenvalue weighted by Crippen LogP contribution is 2.20. The van der Waals surface area contributed by atoms with E-state index in [4.69, 9.17) is 5.11 Å². The second-order valence-electron chi connectivity index (χ2n) is 5.23. The van der Waals surface area contributed by atoms with Crippen molar-refractivity contribution in [2.75, 3.05) is 6.54 Å². The van der Waals surface area contributed by atoms with Crippen molar-refractivity contribution in [3.8, 4) is 0 Å². The molecule has 0 aliphatic carbocycles. The number of urea groups is 1. The lowest BCUT2D eigenvalue weighted by atomic mass is 10.00. The second kappa shape index (κ2) is 7.45. The molecule has 1 aromatic carbocycles. The maximum atomic E-state index is 12.2. The van der Waals surface area contributed by atoms with Crippen molar-refractivity contribution in [2.24, 2.45) is 0 Å². The molecule has 1 aliphatic heterocycles. The average Bonchev–Trinajstić information content (AvgIpc) is 2.46. The van der Waals surface area contributed by atoms with Crippen LogP contribution in [0.25, 0.3) is 0 Å². The molecule has 1 atom stereocenters. The summed E-state index contributed by atoms with van der Waals surface area (Å²) in [4.78, 5) is 24.8. The Morgan fingerprint density at radius 1 is 1.29 bits per heavy atom. The number of benzene rings is 1. The number of aliphatic carboxylic acids is 1. The number of halogens is 1. The van der Waals surface area contributed by atoms with Crippen LogP contribution in [0.1, 0.15) is 31.2 Å². The Morgan fingerprint density at radius 3 is 2.67 bits per heavy atom. The van der Waals surface area contributed by atoms with Gasteiger partial charge < -0.3 is 15.3 Å². The molecule has 1 saturated heterocycles. The van der Waals surface area contributed by atoms with Gasteiger partial charge in [0.1, 0.15) is 0 Å². The van der Waals surface area contributed by atoms with Crippen LogP contribution in [0.2, 0.25) is 0 Å². The van der Waals surface area contributed by atoms with Gasteiger partial charge in [-0.2, -0.15) is 0 Å². The Kier molecular flexibility index (Phi) is 5.61. The van der Waals surface area contributed by atoms with Crippen molar-refractivity contribution < 1.29 is 14.7 Å². The van der Waals surface area contributed by atoms with Crippen molar-refractivity contribution in [1.82, 2.24) is 10.2 Å². The van der Waals surface area contributed by atoms with Gasteiger partial charge in [-0.05, 0) is 37.0 Å². The van der Waals surface area contributed by atoms with Crippen LogP contribution >= 0.6 is 15.9 Å². The van der Waals surface area contributed by atoms with Crippen LogP contribution < -0.4 is 5.32 Å². The summed E-state index contributed by atoms with van der Waals surface area (Å²) in [6.07, 6.45) is 2.69. The van der Waals surface area contributed by atoms with Crippen LogP contribution in [0.3, 0.4) is 0 Å². The number of hydrogen-bond donors (Lipinski definition) is 2. The minimum atomic E-state index is -0.854. The smallest absolute Gasteiger partial charge is 0.317 e. The largest absolute Gasteiger partial charge is 0.481 e. The monoisotopic (exact) mass is 354 g/mol. The number of carbonyl (C=O) groups excluding carboxylic acids is 1. The summed E-state index contributed by atoms with van der Waals surface area (Å²) in [5.74, 6) is -0.854. The van der Waals surface area contributed by atoms with Crippen LogP contribution in [0.15, 0.2) is 28.7 Å². The molecular weight excluding hydrogens is 336 g/mol. The molecule has 2 rings (SSSR count). The third-order valence-electron chi connectivity index (χ3n) is 3.66.